The Morgan fingerprint density at radius 2 is 1.03 bits per heavy atom. The van der Waals surface area contributed by atoms with Crippen molar-refractivity contribution in [3.8, 4) is 0 Å². The van der Waals surface area contributed by atoms with Crippen LogP contribution in [0.15, 0.2) is 10.3 Å². The van der Waals surface area contributed by atoms with Crippen molar-refractivity contribution in [3.63, 3.8) is 0 Å². The van der Waals surface area contributed by atoms with Crippen LogP contribution in [-0.2, 0) is 47.7 Å². The van der Waals surface area contributed by atoms with Gasteiger partial charge in [-0.1, -0.05) is 10.3 Å². The molecule has 1 atom stereocenters. The maximum atomic E-state index is 12.6. The molecule has 8 N–H and O–H groups in total. The van der Waals surface area contributed by atoms with Crippen molar-refractivity contribution >= 4 is 47.1 Å². The minimum atomic E-state index is -0.648. The van der Waals surface area contributed by atoms with Crippen molar-refractivity contribution in [2.75, 3.05) is 85.6 Å². The fourth-order valence-corrected chi connectivity index (χ4v) is 6.08. The van der Waals surface area contributed by atoms with Crippen molar-refractivity contribution in [1.29, 1.82) is 0 Å². The van der Waals surface area contributed by atoms with Crippen LogP contribution >= 0.6 is 0 Å². The molecule has 65 heavy (non-hydrogen) atoms. The van der Waals surface area contributed by atoms with Crippen LogP contribution in [0, 0.1) is 5.92 Å². The molecule has 376 valence electrons. The first-order chi connectivity index (χ1) is 31.0. The van der Waals surface area contributed by atoms with Gasteiger partial charge in [-0.3, -0.25) is 24.0 Å². The molecule has 0 spiro atoms. The van der Waals surface area contributed by atoms with Crippen LogP contribution in [0.3, 0.4) is 0 Å². The zero-order chi connectivity index (χ0) is 48.8. The second-order valence-corrected chi connectivity index (χ2v) is 17.1. The number of carbonyl (C=O) groups is 6. The third-order valence-corrected chi connectivity index (χ3v) is 10.9. The molecule has 0 aromatic rings. The number of oxime groups is 2. The highest BCUT2D eigenvalue weighted by Gasteiger charge is 2.24. The van der Waals surface area contributed by atoms with Crippen molar-refractivity contribution in [2.24, 2.45) is 16.2 Å². The molecule has 0 aromatic heterocycles. The molecule has 0 saturated heterocycles. The molecule has 0 fully saturated rings. The van der Waals surface area contributed by atoms with Gasteiger partial charge in [0.1, 0.15) is 12.1 Å². The average molecular weight is 929 g/mol. The molecule has 0 aliphatic rings. The molecule has 0 rings (SSSR count). The Bertz CT molecular complexity index is 1380. The van der Waals surface area contributed by atoms with Gasteiger partial charge in [-0.2, -0.15) is 0 Å². The Kier molecular flexibility index (Phi) is 35.7. The fourth-order valence-electron chi connectivity index (χ4n) is 6.08. The summed E-state index contributed by atoms with van der Waals surface area (Å²) in [6.45, 7) is 18.4. The molecule has 1 unspecified atom stereocenters. The van der Waals surface area contributed by atoms with Crippen molar-refractivity contribution < 1.29 is 58.1 Å². The van der Waals surface area contributed by atoms with E-state index in [0.29, 0.717) is 142 Å². The lowest BCUT2D eigenvalue weighted by molar-refractivity contribution is -0.125. The Labute approximate surface area is 387 Å². The number of rotatable bonds is 43. The Hall–Kier alpha value is -4.08. The first kappa shape index (κ1) is 60.9. The molecule has 0 aromatic carbocycles. The molecular weight excluding hydrogens is 845 g/mol. The van der Waals surface area contributed by atoms with E-state index in [4.69, 9.17) is 18.9 Å². The first-order valence-electron chi connectivity index (χ1n) is 23.2. The highest BCUT2D eigenvalue weighted by atomic mass is 16.5. The van der Waals surface area contributed by atoms with E-state index in [2.05, 4.69) is 42.2 Å². The molecule has 20 nitrogen and oxygen atoms in total. The maximum absolute atomic E-state index is 12.6. The number of amides is 4. The smallest absolute Gasteiger partial charge is 0.222 e. The van der Waals surface area contributed by atoms with Crippen LogP contribution in [0.2, 0.25) is 0 Å². The van der Waals surface area contributed by atoms with Gasteiger partial charge in [0.2, 0.25) is 23.6 Å². The van der Waals surface area contributed by atoms with Gasteiger partial charge in [-0.15, -0.1) is 0 Å². The molecule has 0 bridgehead atoms. The number of hydrogen-bond acceptors (Lipinski definition) is 16. The quantitative estimate of drug-likeness (QED) is 0.0144. The summed E-state index contributed by atoms with van der Waals surface area (Å²) in [6.07, 6.45) is 6.94. The Morgan fingerprint density at radius 3 is 1.60 bits per heavy atom. The fraction of sp³-hybridized carbons (Fsp3) is 0.822. The maximum Gasteiger partial charge on any atom is 0.222 e. The SMILES string of the molecule is CC(=O)NCCOCCOCCC(=O)CCCOCCOCCC(=O)NCCCCC(C=O)NC(=O)CCCC(=O)NCCC(CCNC(C)(C)/C(C)=N/O)CCNC(C)(C)/C(C)=N/O. The van der Waals surface area contributed by atoms with Gasteiger partial charge in [0.15, 0.2) is 0 Å². The van der Waals surface area contributed by atoms with Gasteiger partial charge < -0.3 is 66.1 Å². The third kappa shape index (κ3) is 34.9. The standard InChI is InChI=1S/C45H84N8O12/c1-35(52-60)44(4,5)49-23-17-38(18-24-50-45(6,7)36(2)53-61)16-22-48-41(57)14-10-15-43(59)51-39(34-54)12-8-9-21-47-42(58)20-28-64-31-30-62-26-11-13-40(56)19-27-63-32-33-65-29-25-46-37(3)55/h34,38-39,49-50,60-61H,8-33H2,1-7H3,(H,46,55)(H,47,58)(H,48,57)(H,51,59)/b52-35+,53-36+. The molecule has 0 heterocycles. The summed E-state index contributed by atoms with van der Waals surface area (Å²) >= 11 is 0. The normalized spacial score (nSPS) is 12.8. The molecular formula is C45H84N8O12. The van der Waals surface area contributed by atoms with Gasteiger partial charge >= 0.3 is 0 Å². The molecule has 0 aliphatic heterocycles. The summed E-state index contributed by atoms with van der Waals surface area (Å²) in [6, 6.07) is -0.648. The molecule has 0 radical (unpaired) electrons. The zero-order valence-electron chi connectivity index (χ0n) is 40.5. The summed E-state index contributed by atoms with van der Waals surface area (Å²) in [7, 11) is 0. The minimum absolute atomic E-state index is 0.0994. The largest absolute Gasteiger partial charge is 0.411 e. The van der Waals surface area contributed by atoms with Crippen molar-refractivity contribution in [1.82, 2.24) is 31.9 Å². The number of carbonyl (C=O) groups excluding carboxylic acids is 6. The number of nitrogens with one attached hydrogen (secondary N) is 6. The summed E-state index contributed by atoms with van der Waals surface area (Å²) in [5.74, 6) is -0.346. The van der Waals surface area contributed by atoms with Gasteiger partial charge in [-0.25, -0.2) is 0 Å². The summed E-state index contributed by atoms with van der Waals surface area (Å²) in [5.41, 5.74) is 0.206. The predicted molar refractivity (Wildman–Crippen MR) is 248 cm³/mol. The number of hydrogen-bond donors (Lipinski definition) is 8. The van der Waals surface area contributed by atoms with Crippen LogP contribution in [-0.4, -0.2) is 160 Å². The Balaban J connectivity index is 4.10. The van der Waals surface area contributed by atoms with E-state index in [0.717, 1.165) is 19.3 Å². The minimum Gasteiger partial charge on any atom is -0.411 e. The van der Waals surface area contributed by atoms with Crippen LogP contribution in [0.4, 0.5) is 0 Å². The molecule has 0 saturated carbocycles. The van der Waals surface area contributed by atoms with Gasteiger partial charge in [0.05, 0.1) is 74.8 Å². The van der Waals surface area contributed by atoms with Crippen LogP contribution in [0.1, 0.15) is 132 Å². The first-order valence-corrected chi connectivity index (χ1v) is 23.2. The highest BCUT2D eigenvalue weighted by Crippen LogP contribution is 2.15. The lowest BCUT2D eigenvalue weighted by atomic mass is 9.94. The predicted octanol–water partition coefficient (Wildman–Crippen LogP) is 2.80. The summed E-state index contributed by atoms with van der Waals surface area (Å²) in [4.78, 5) is 71.6. The molecule has 0 aliphatic carbocycles. The number of aldehydes is 1. The number of ether oxygens (including phenoxy) is 4. The van der Waals surface area contributed by atoms with Gasteiger partial charge in [0.25, 0.3) is 0 Å². The van der Waals surface area contributed by atoms with Gasteiger partial charge in [-0.05, 0) is 112 Å². The topological polar surface area (TPSA) is 277 Å². The summed E-state index contributed by atoms with van der Waals surface area (Å²) < 4.78 is 21.7. The van der Waals surface area contributed by atoms with Crippen LogP contribution in [0.25, 0.3) is 0 Å². The Morgan fingerprint density at radius 1 is 0.523 bits per heavy atom. The number of Topliss-reactive ketones (excluding diaryl/α,β-unsaturated/α-hetero) is 1. The zero-order valence-corrected chi connectivity index (χ0v) is 40.5. The van der Waals surface area contributed by atoms with Crippen molar-refractivity contribution in [2.45, 2.75) is 149 Å². The molecule has 4 amide bonds. The van der Waals surface area contributed by atoms with E-state index >= 15 is 0 Å². The monoisotopic (exact) mass is 929 g/mol. The van der Waals surface area contributed by atoms with E-state index < -0.39 is 17.1 Å². The molecule has 20 heteroatoms. The van der Waals surface area contributed by atoms with E-state index in [1.807, 2.05) is 27.7 Å². The van der Waals surface area contributed by atoms with Crippen LogP contribution in [0.5, 0.6) is 0 Å². The van der Waals surface area contributed by atoms with E-state index in [1.165, 1.54) is 6.92 Å². The third-order valence-electron chi connectivity index (χ3n) is 10.9. The van der Waals surface area contributed by atoms with Crippen molar-refractivity contribution in [3.05, 3.63) is 0 Å². The second-order valence-electron chi connectivity index (χ2n) is 17.1. The summed E-state index contributed by atoms with van der Waals surface area (Å²) in [5, 5.41) is 43.1. The average Bonchev–Trinajstić information content (AvgIpc) is 3.26. The lowest BCUT2D eigenvalue weighted by Gasteiger charge is -2.28. The number of ketones is 1. The lowest BCUT2D eigenvalue weighted by Crippen LogP contribution is -2.47. The number of nitrogens with zero attached hydrogens (tertiary/aromatic N) is 2. The van der Waals surface area contributed by atoms with E-state index in [-0.39, 0.29) is 61.2 Å². The number of unbranched alkanes of at least 4 members (excludes halogenated alkanes) is 1. The highest BCUT2D eigenvalue weighted by molar-refractivity contribution is 5.90. The van der Waals surface area contributed by atoms with E-state index in [9.17, 15) is 39.2 Å². The van der Waals surface area contributed by atoms with Crippen LogP contribution < -0.4 is 31.9 Å². The van der Waals surface area contributed by atoms with Gasteiger partial charge in [0, 0.05) is 65.3 Å². The second kappa shape index (κ2) is 38.1. The van der Waals surface area contributed by atoms with E-state index in [1.54, 1.807) is 13.8 Å².